The number of benzene rings is 2. The number of alkyl halides is 3. The molecule has 2 fully saturated rings. The van der Waals surface area contributed by atoms with Gasteiger partial charge in [0.15, 0.2) is 0 Å². The van der Waals surface area contributed by atoms with Gasteiger partial charge in [0.05, 0.1) is 0 Å². The fraction of sp³-hybridized carbons (Fsp3) is 0.538. The van der Waals surface area contributed by atoms with E-state index in [-0.39, 0.29) is 5.75 Å². The zero-order chi connectivity index (χ0) is 21.0. The van der Waals surface area contributed by atoms with Gasteiger partial charge in [-0.15, -0.1) is 13.2 Å². The van der Waals surface area contributed by atoms with Crippen molar-refractivity contribution in [2.24, 2.45) is 17.8 Å². The molecule has 4 heteroatoms. The average molecular weight is 417 g/mol. The summed E-state index contributed by atoms with van der Waals surface area (Å²) in [6.07, 6.45) is 8.00. The Balaban J connectivity index is 1.43. The molecule has 30 heavy (non-hydrogen) atoms. The van der Waals surface area contributed by atoms with E-state index in [9.17, 15) is 13.2 Å². The number of ether oxygens (including phenoxy) is 1. The van der Waals surface area contributed by atoms with Crippen molar-refractivity contribution >= 4 is 0 Å². The van der Waals surface area contributed by atoms with Crippen molar-refractivity contribution in [1.29, 1.82) is 0 Å². The second-order valence-corrected chi connectivity index (χ2v) is 9.10. The first kappa shape index (κ1) is 21.3. The highest BCUT2D eigenvalue weighted by Crippen LogP contribution is 2.42. The zero-order valence-corrected chi connectivity index (χ0v) is 17.5. The van der Waals surface area contributed by atoms with E-state index in [4.69, 9.17) is 0 Å². The van der Waals surface area contributed by atoms with Crippen molar-refractivity contribution in [2.75, 3.05) is 0 Å². The summed E-state index contributed by atoms with van der Waals surface area (Å²) in [5, 5.41) is 0. The number of rotatable bonds is 6. The van der Waals surface area contributed by atoms with Crippen LogP contribution in [-0.4, -0.2) is 6.36 Å². The summed E-state index contributed by atoms with van der Waals surface area (Å²) >= 11 is 0. The molecule has 0 atom stereocenters. The molecule has 0 radical (unpaired) electrons. The molecule has 1 nitrogen and oxygen atoms in total. The van der Waals surface area contributed by atoms with Crippen LogP contribution in [0.15, 0.2) is 48.5 Å². The van der Waals surface area contributed by atoms with Crippen LogP contribution in [0.2, 0.25) is 0 Å². The molecule has 162 valence electrons. The van der Waals surface area contributed by atoms with Gasteiger partial charge in [-0.2, -0.15) is 0 Å². The van der Waals surface area contributed by atoms with E-state index in [0.717, 1.165) is 41.4 Å². The predicted molar refractivity (Wildman–Crippen MR) is 114 cm³/mol. The van der Waals surface area contributed by atoms with Crippen LogP contribution >= 0.6 is 0 Å². The number of halogens is 3. The van der Waals surface area contributed by atoms with Gasteiger partial charge in [0, 0.05) is 0 Å². The summed E-state index contributed by atoms with van der Waals surface area (Å²) in [6, 6.07) is 14.7. The Morgan fingerprint density at radius 1 is 0.800 bits per heavy atom. The summed E-state index contributed by atoms with van der Waals surface area (Å²) in [7, 11) is 0. The first-order chi connectivity index (χ1) is 14.5. The molecule has 0 heterocycles. The van der Waals surface area contributed by atoms with Crippen LogP contribution in [0.5, 0.6) is 5.75 Å². The maximum atomic E-state index is 12.7. The smallest absolute Gasteiger partial charge is 0.406 e. The first-order valence-electron chi connectivity index (χ1n) is 11.4. The van der Waals surface area contributed by atoms with Crippen LogP contribution in [0.1, 0.15) is 63.4 Å². The lowest BCUT2D eigenvalue weighted by atomic mass is 9.74. The Morgan fingerprint density at radius 2 is 1.47 bits per heavy atom. The van der Waals surface area contributed by atoms with Gasteiger partial charge in [-0.3, -0.25) is 0 Å². The Kier molecular flexibility index (Phi) is 6.70. The van der Waals surface area contributed by atoms with Gasteiger partial charge in [0.1, 0.15) is 5.75 Å². The molecule has 0 aromatic heterocycles. The Hall–Kier alpha value is -1.97. The highest BCUT2D eigenvalue weighted by molar-refractivity contribution is 5.68. The third-order valence-electron chi connectivity index (χ3n) is 7.17. The molecule has 2 saturated carbocycles. The minimum atomic E-state index is -4.66. The lowest BCUT2D eigenvalue weighted by Gasteiger charge is -2.32. The molecule has 0 amide bonds. The van der Waals surface area contributed by atoms with Crippen LogP contribution in [0.25, 0.3) is 11.1 Å². The molecule has 2 aromatic rings. The summed E-state index contributed by atoms with van der Waals surface area (Å²) in [4.78, 5) is 0. The van der Waals surface area contributed by atoms with Gasteiger partial charge in [-0.05, 0) is 72.3 Å². The minimum Gasteiger partial charge on any atom is -0.406 e. The predicted octanol–water partition coefficient (Wildman–Crippen LogP) is 8.18. The lowest BCUT2D eigenvalue weighted by molar-refractivity contribution is -0.274. The van der Waals surface area contributed by atoms with E-state index in [2.05, 4.69) is 4.74 Å². The van der Waals surface area contributed by atoms with Gasteiger partial charge >= 0.3 is 6.36 Å². The Labute approximate surface area is 177 Å². The highest BCUT2D eigenvalue weighted by Gasteiger charge is 2.32. The maximum Gasteiger partial charge on any atom is 0.573 e. The van der Waals surface area contributed by atoms with Crippen molar-refractivity contribution in [2.45, 2.75) is 70.6 Å². The van der Waals surface area contributed by atoms with Crippen molar-refractivity contribution in [3.8, 4) is 16.9 Å². The average Bonchev–Trinajstić information content (AvgIpc) is 3.27. The SMILES string of the molecule is FC(F)(F)Oc1ccc(-c2ccccc2)c(CCC2CCC(C3CCCC3)CC2)c1. The molecular weight excluding hydrogens is 385 g/mol. The summed E-state index contributed by atoms with van der Waals surface area (Å²) in [5.74, 6) is 2.42. The van der Waals surface area contributed by atoms with Gasteiger partial charge in [-0.25, -0.2) is 0 Å². The minimum absolute atomic E-state index is 0.123. The summed E-state index contributed by atoms with van der Waals surface area (Å²) in [5.41, 5.74) is 2.99. The molecule has 4 rings (SSSR count). The maximum absolute atomic E-state index is 12.7. The monoisotopic (exact) mass is 416 g/mol. The topological polar surface area (TPSA) is 9.23 Å². The first-order valence-corrected chi connectivity index (χ1v) is 11.4. The highest BCUT2D eigenvalue weighted by atomic mass is 19.4. The van der Waals surface area contributed by atoms with E-state index in [1.807, 2.05) is 30.3 Å². The second-order valence-electron chi connectivity index (χ2n) is 9.10. The molecule has 2 aliphatic rings. The van der Waals surface area contributed by atoms with Crippen molar-refractivity contribution in [1.82, 2.24) is 0 Å². The zero-order valence-electron chi connectivity index (χ0n) is 17.5. The quantitative estimate of drug-likeness (QED) is 0.461. The van der Waals surface area contributed by atoms with E-state index in [1.54, 1.807) is 12.1 Å². The van der Waals surface area contributed by atoms with E-state index in [1.165, 1.54) is 57.4 Å². The van der Waals surface area contributed by atoms with Crippen molar-refractivity contribution in [3.63, 3.8) is 0 Å². The molecule has 0 unspecified atom stereocenters. The normalized spacial score (nSPS) is 22.9. The lowest BCUT2D eigenvalue weighted by Crippen LogP contribution is -2.20. The van der Waals surface area contributed by atoms with E-state index in [0.29, 0.717) is 5.92 Å². The van der Waals surface area contributed by atoms with Gasteiger partial charge in [0.25, 0.3) is 0 Å². The van der Waals surface area contributed by atoms with Crippen LogP contribution in [0, 0.1) is 17.8 Å². The molecule has 0 spiro atoms. The standard InChI is InChI=1S/C26H31F3O/c27-26(28,29)30-24-16-17-25(22-8-2-1-3-9-22)23(18-24)15-12-19-10-13-21(14-11-19)20-6-4-5-7-20/h1-3,8-9,16-21H,4-7,10-15H2. The van der Waals surface area contributed by atoms with Gasteiger partial charge in [-0.1, -0.05) is 74.9 Å². The molecule has 2 aromatic carbocycles. The molecule has 0 N–H and O–H groups in total. The van der Waals surface area contributed by atoms with Crippen LogP contribution < -0.4 is 4.74 Å². The second kappa shape index (κ2) is 9.45. The fourth-order valence-corrected chi connectivity index (χ4v) is 5.61. The van der Waals surface area contributed by atoms with Crippen LogP contribution in [0.4, 0.5) is 13.2 Å². The third-order valence-corrected chi connectivity index (χ3v) is 7.17. The largest absolute Gasteiger partial charge is 0.573 e. The molecule has 0 saturated heterocycles. The number of hydrogen-bond donors (Lipinski definition) is 0. The van der Waals surface area contributed by atoms with E-state index < -0.39 is 6.36 Å². The molecular formula is C26H31F3O. The van der Waals surface area contributed by atoms with Crippen LogP contribution in [-0.2, 0) is 6.42 Å². The summed E-state index contributed by atoms with van der Waals surface area (Å²) in [6.45, 7) is 0. The van der Waals surface area contributed by atoms with Crippen molar-refractivity contribution < 1.29 is 17.9 Å². The molecule has 0 aliphatic heterocycles. The van der Waals surface area contributed by atoms with Gasteiger partial charge < -0.3 is 4.74 Å². The van der Waals surface area contributed by atoms with Gasteiger partial charge in [0.2, 0.25) is 0 Å². The van der Waals surface area contributed by atoms with Crippen molar-refractivity contribution in [3.05, 3.63) is 54.1 Å². The molecule has 2 aliphatic carbocycles. The summed E-state index contributed by atoms with van der Waals surface area (Å²) < 4.78 is 42.3. The number of hydrogen-bond acceptors (Lipinski definition) is 1. The molecule has 0 bridgehead atoms. The number of aryl methyl sites for hydroxylation is 1. The van der Waals surface area contributed by atoms with Crippen LogP contribution in [0.3, 0.4) is 0 Å². The fourth-order valence-electron chi connectivity index (χ4n) is 5.61. The van der Waals surface area contributed by atoms with E-state index >= 15 is 0 Å². The third kappa shape index (κ3) is 5.59. The Bertz CT molecular complexity index is 801. The Morgan fingerprint density at radius 3 is 2.13 bits per heavy atom.